The Balaban J connectivity index is 1.77. The summed E-state index contributed by atoms with van der Waals surface area (Å²) in [6, 6.07) is 14.9. The molecule has 1 unspecified atom stereocenters. The van der Waals surface area contributed by atoms with Crippen LogP contribution in [0.3, 0.4) is 0 Å². The van der Waals surface area contributed by atoms with E-state index in [1.165, 1.54) is 0 Å². The van der Waals surface area contributed by atoms with Crippen molar-refractivity contribution in [2.75, 3.05) is 23.0 Å². The van der Waals surface area contributed by atoms with Crippen LogP contribution in [0.5, 0.6) is 5.75 Å². The second-order valence-electron chi connectivity index (χ2n) is 7.10. The molecule has 166 valence electrons. The first kappa shape index (κ1) is 22.4. The second kappa shape index (κ2) is 9.79. The maximum atomic E-state index is 13.6. The second-order valence-corrected chi connectivity index (χ2v) is 9.25. The number of benzene rings is 2. The van der Waals surface area contributed by atoms with E-state index in [1.807, 2.05) is 62.4 Å². The molecule has 0 aliphatic carbocycles. The number of halogens is 1. The van der Waals surface area contributed by atoms with Crippen LogP contribution in [0.4, 0.5) is 11.6 Å². The van der Waals surface area contributed by atoms with Crippen molar-refractivity contribution in [1.29, 1.82) is 0 Å². The zero-order valence-corrected chi connectivity index (χ0v) is 20.5. The molecule has 0 radical (unpaired) electrons. The Morgan fingerprint density at radius 1 is 1.25 bits per heavy atom. The minimum absolute atomic E-state index is 0.224. The van der Waals surface area contributed by atoms with Crippen molar-refractivity contribution in [3.05, 3.63) is 69.8 Å². The number of amides is 1. The van der Waals surface area contributed by atoms with Gasteiger partial charge in [0.15, 0.2) is 0 Å². The average molecular weight is 514 g/mol. The summed E-state index contributed by atoms with van der Waals surface area (Å²) in [5.41, 5.74) is 2.86. The third-order valence-corrected chi connectivity index (χ3v) is 6.16. The largest absolute Gasteiger partial charge is 0.492 e. The van der Waals surface area contributed by atoms with Crippen molar-refractivity contribution in [3.63, 3.8) is 0 Å². The lowest BCUT2D eigenvalue weighted by Crippen LogP contribution is -2.31. The third kappa shape index (κ3) is 4.54. The highest BCUT2D eigenvalue weighted by molar-refractivity contribution is 9.10. The predicted octanol–water partition coefficient (Wildman–Crippen LogP) is 5.48. The molecule has 1 amide bonds. The van der Waals surface area contributed by atoms with Crippen molar-refractivity contribution in [2.24, 2.45) is 0 Å². The topological polar surface area (TPSA) is 81.1 Å². The van der Waals surface area contributed by atoms with Gasteiger partial charge in [-0.1, -0.05) is 58.9 Å². The molecule has 1 aliphatic rings. The highest BCUT2D eigenvalue weighted by Gasteiger charge is 2.34. The molecule has 0 fully saturated rings. The van der Waals surface area contributed by atoms with E-state index in [1.54, 1.807) is 16.4 Å². The van der Waals surface area contributed by atoms with Crippen LogP contribution in [0.25, 0.3) is 0 Å². The molecule has 2 N–H and O–H groups in total. The summed E-state index contributed by atoms with van der Waals surface area (Å²) in [6.45, 7) is 6.37. The van der Waals surface area contributed by atoms with Crippen molar-refractivity contribution in [2.45, 2.75) is 32.0 Å². The summed E-state index contributed by atoms with van der Waals surface area (Å²) in [5, 5.41) is 11.7. The van der Waals surface area contributed by atoms with Gasteiger partial charge in [0.2, 0.25) is 11.1 Å². The Hall–Kier alpha value is -2.78. The van der Waals surface area contributed by atoms with Gasteiger partial charge in [0, 0.05) is 10.2 Å². The smallest absolute Gasteiger partial charge is 0.255 e. The molecule has 0 saturated heterocycles. The summed E-state index contributed by atoms with van der Waals surface area (Å²) in [5.74, 6) is 1.89. The summed E-state index contributed by atoms with van der Waals surface area (Å²) in [4.78, 5) is 18.2. The van der Waals surface area contributed by atoms with Crippen molar-refractivity contribution in [3.8, 4) is 5.75 Å². The normalized spacial score (nSPS) is 15.2. The van der Waals surface area contributed by atoms with Gasteiger partial charge in [-0.15, -0.1) is 5.10 Å². The van der Waals surface area contributed by atoms with E-state index >= 15 is 0 Å². The summed E-state index contributed by atoms with van der Waals surface area (Å²) in [7, 11) is 0. The lowest BCUT2D eigenvalue weighted by molar-refractivity contribution is -0.113. The van der Waals surface area contributed by atoms with Gasteiger partial charge in [-0.3, -0.25) is 4.79 Å². The van der Waals surface area contributed by atoms with Gasteiger partial charge < -0.3 is 15.4 Å². The molecule has 2 aromatic carbocycles. The number of ether oxygens (including phenoxy) is 1. The number of fused-ring (bicyclic) bond motifs is 1. The van der Waals surface area contributed by atoms with E-state index in [0.717, 1.165) is 21.5 Å². The molecule has 4 rings (SSSR count). The quantitative estimate of drug-likeness (QED) is 0.407. The van der Waals surface area contributed by atoms with Gasteiger partial charge in [0.05, 0.1) is 17.9 Å². The predicted molar refractivity (Wildman–Crippen MR) is 131 cm³/mol. The number of anilines is 2. The van der Waals surface area contributed by atoms with Gasteiger partial charge in [0.1, 0.15) is 11.8 Å². The van der Waals surface area contributed by atoms with Crippen LogP contribution in [0.2, 0.25) is 0 Å². The zero-order valence-electron chi connectivity index (χ0n) is 18.1. The minimum Gasteiger partial charge on any atom is -0.492 e. The number of nitrogens with one attached hydrogen (secondary N) is 2. The molecule has 32 heavy (non-hydrogen) atoms. The molecule has 0 bridgehead atoms. The third-order valence-electron chi connectivity index (χ3n) is 4.95. The Bertz CT molecular complexity index is 1180. The number of rotatable bonds is 7. The lowest BCUT2D eigenvalue weighted by atomic mass is 9.95. The molecule has 3 aromatic rings. The van der Waals surface area contributed by atoms with Gasteiger partial charge in [-0.2, -0.15) is 4.98 Å². The van der Waals surface area contributed by atoms with Crippen LogP contribution in [-0.4, -0.2) is 33.0 Å². The van der Waals surface area contributed by atoms with Crippen LogP contribution in [-0.2, 0) is 4.79 Å². The monoisotopic (exact) mass is 513 g/mol. The average Bonchev–Trinajstić information content (AvgIpc) is 3.16. The Kier molecular flexibility index (Phi) is 6.86. The van der Waals surface area contributed by atoms with Gasteiger partial charge >= 0.3 is 0 Å². The number of carbonyl (C=O) groups excluding carboxylic acids is 1. The fourth-order valence-corrected chi connectivity index (χ4v) is 4.61. The van der Waals surface area contributed by atoms with Crippen LogP contribution in [0, 0.1) is 0 Å². The molecule has 0 spiro atoms. The first-order chi connectivity index (χ1) is 15.5. The molecule has 9 heteroatoms. The van der Waals surface area contributed by atoms with Crippen molar-refractivity contribution in [1.82, 2.24) is 14.8 Å². The number of nitrogens with zero attached hydrogens (tertiary/aromatic N) is 3. The molecule has 0 saturated carbocycles. The van der Waals surface area contributed by atoms with E-state index in [-0.39, 0.29) is 5.91 Å². The molecular formula is C23H24BrN5O2S. The highest BCUT2D eigenvalue weighted by atomic mass is 79.9. The molecule has 1 atom stereocenters. The van der Waals surface area contributed by atoms with Gasteiger partial charge in [-0.05, 0) is 49.4 Å². The number of para-hydroxylation sites is 2. The molecular weight excluding hydrogens is 490 g/mol. The molecule has 7 nitrogen and oxygen atoms in total. The lowest BCUT2D eigenvalue weighted by Gasteiger charge is -2.29. The van der Waals surface area contributed by atoms with Gasteiger partial charge in [0.25, 0.3) is 5.91 Å². The number of thioether (sulfide) groups is 1. The fraction of sp³-hybridized carbons (Fsp3) is 0.261. The van der Waals surface area contributed by atoms with Crippen LogP contribution in [0.1, 0.15) is 32.4 Å². The van der Waals surface area contributed by atoms with Crippen LogP contribution < -0.4 is 15.4 Å². The summed E-state index contributed by atoms with van der Waals surface area (Å²) < 4.78 is 8.40. The maximum absolute atomic E-state index is 13.6. The first-order valence-electron chi connectivity index (χ1n) is 10.4. The zero-order chi connectivity index (χ0) is 22.7. The van der Waals surface area contributed by atoms with E-state index in [0.29, 0.717) is 34.7 Å². The van der Waals surface area contributed by atoms with E-state index < -0.39 is 6.04 Å². The maximum Gasteiger partial charge on any atom is 0.255 e. The SMILES string of the molecule is CCOc1ccccc1NC(=O)C1=C(C)Nc2nc(SCC)nn2C1c1cccc(Br)c1. The van der Waals surface area contributed by atoms with Crippen molar-refractivity contribution >= 4 is 45.2 Å². The fourth-order valence-electron chi connectivity index (χ4n) is 3.64. The molecule has 2 heterocycles. The van der Waals surface area contributed by atoms with Crippen LogP contribution in [0.15, 0.2) is 69.4 Å². The Labute approximate surface area is 199 Å². The van der Waals surface area contributed by atoms with E-state index in [2.05, 4.69) is 38.5 Å². The van der Waals surface area contributed by atoms with Gasteiger partial charge in [-0.25, -0.2) is 4.68 Å². The standard InChI is InChI=1S/C23H24BrN5O2S/c1-4-31-18-12-7-6-11-17(18)26-21(30)19-14(3)25-22-27-23(32-5-2)28-29(22)20(19)15-9-8-10-16(24)13-15/h6-13,20H,4-5H2,1-3H3,(H,26,30)(H,25,27,28). The minimum atomic E-state index is -0.429. The number of carbonyl (C=O) groups is 1. The summed E-state index contributed by atoms with van der Waals surface area (Å²) >= 11 is 5.12. The number of aromatic nitrogens is 3. The van der Waals surface area contributed by atoms with E-state index in [9.17, 15) is 4.79 Å². The molecule has 1 aromatic heterocycles. The summed E-state index contributed by atoms with van der Waals surface area (Å²) in [6.07, 6.45) is 0. The highest BCUT2D eigenvalue weighted by Crippen LogP contribution is 2.38. The first-order valence-corrected chi connectivity index (χ1v) is 12.2. The van der Waals surface area contributed by atoms with E-state index in [4.69, 9.17) is 9.84 Å². The molecule has 1 aliphatic heterocycles. The Morgan fingerprint density at radius 2 is 2.06 bits per heavy atom. The van der Waals surface area contributed by atoms with Crippen molar-refractivity contribution < 1.29 is 9.53 Å². The number of hydrogen-bond acceptors (Lipinski definition) is 6. The number of allylic oxidation sites excluding steroid dienone is 1. The Morgan fingerprint density at radius 3 is 2.81 bits per heavy atom. The number of hydrogen-bond donors (Lipinski definition) is 2. The van der Waals surface area contributed by atoms with Crippen LogP contribution >= 0.6 is 27.7 Å².